The van der Waals surface area contributed by atoms with Crippen LogP contribution in [-0.4, -0.2) is 54.4 Å². The lowest BCUT2D eigenvalue weighted by Gasteiger charge is -2.22. The Kier molecular flexibility index (Phi) is 5.17. The molecule has 0 amide bonds. The molecule has 1 aliphatic carbocycles. The molecule has 0 aliphatic heterocycles. The molecule has 1 saturated carbocycles. The third-order valence-corrected chi connectivity index (χ3v) is 5.47. The van der Waals surface area contributed by atoms with Gasteiger partial charge < -0.3 is 15.3 Å². The predicted octanol–water partition coefficient (Wildman–Crippen LogP) is 1.47. The van der Waals surface area contributed by atoms with Crippen molar-refractivity contribution in [3.63, 3.8) is 0 Å². The van der Waals surface area contributed by atoms with E-state index < -0.39 is 30.3 Å². The summed E-state index contributed by atoms with van der Waals surface area (Å²) in [4.78, 5) is 13.3. The van der Waals surface area contributed by atoms with Gasteiger partial charge in [0, 0.05) is 10.9 Å². The Labute approximate surface area is 165 Å². The van der Waals surface area contributed by atoms with E-state index in [1.165, 1.54) is 13.4 Å². The molecular formula is C18H20ClN5O4. The molecule has 148 valence electrons. The van der Waals surface area contributed by atoms with Gasteiger partial charge in [0.05, 0.1) is 36.9 Å². The van der Waals surface area contributed by atoms with Crippen molar-refractivity contribution in [2.75, 3.05) is 12.6 Å². The average molecular weight is 406 g/mol. The van der Waals surface area contributed by atoms with Crippen LogP contribution < -0.4 is 5.48 Å². The van der Waals surface area contributed by atoms with Crippen LogP contribution >= 0.6 is 11.6 Å². The highest BCUT2D eigenvalue weighted by Gasteiger charge is 2.46. The summed E-state index contributed by atoms with van der Waals surface area (Å²) < 4.78 is 1.56. The minimum Gasteiger partial charge on any atom is -0.390 e. The number of rotatable bonds is 5. The number of anilines is 1. The monoisotopic (exact) mass is 405 g/mol. The molecule has 0 radical (unpaired) electrons. The first-order valence-corrected chi connectivity index (χ1v) is 9.16. The maximum Gasteiger partial charge on any atom is 0.164 e. The standard InChI is InChI=1S/C18H20ClN5O4/c1-28-23-17-12-7-22-24(18(12)21-8-20-17)13-6-11(15(26)16(13)27)14(25)9-2-4-10(19)5-3-9/h2-5,7-8,11,13-16,25-27H,6H2,1H3,(H,20,21,23)/t11-,13-,14?,15-,16+/m1/s1. The number of hydrogen-bond acceptors (Lipinski definition) is 8. The van der Waals surface area contributed by atoms with Crippen LogP contribution in [0.1, 0.15) is 24.1 Å². The van der Waals surface area contributed by atoms with Crippen LogP contribution in [0.15, 0.2) is 36.8 Å². The number of fused-ring (bicyclic) bond motifs is 1. The van der Waals surface area contributed by atoms with E-state index in [4.69, 9.17) is 16.4 Å². The highest BCUT2D eigenvalue weighted by atomic mass is 35.5. The van der Waals surface area contributed by atoms with Crippen molar-refractivity contribution in [3.8, 4) is 0 Å². The van der Waals surface area contributed by atoms with Crippen LogP contribution in [0.3, 0.4) is 0 Å². The van der Waals surface area contributed by atoms with Gasteiger partial charge in [0.1, 0.15) is 12.4 Å². The molecule has 0 spiro atoms. The van der Waals surface area contributed by atoms with Crippen LogP contribution in [-0.2, 0) is 4.84 Å². The number of aliphatic hydroxyl groups excluding tert-OH is 3. The number of aliphatic hydroxyl groups is 3. The molecule has 0 saturated heterocycles. The van der Waals surface area contributed by atoms with Gasteiger partial charge >= 0.3 is 0 Å². The van der Waals surface area contributed by atoms with Crippen molar-refractivity contribution in [1.29, 1.82) is 0 Å². The van der Waals surface area contributed by atoms with Gasteiger partial charge in [-0.1, -0.05) is 23.7 Å². The number of nitrogens with zero attached hydrogens (tertiary/aromatic N) is 4. The second-order valence-electron chi connectivity index (χ2n) is 6.80. The lowest BCUT2D eigenvalue weighted by atomic mass is 9.92. The van der Waals surface area contributed by atoms with Crippen molar-refractivity contribution < 1.29 is 20.2 Å². The average Bonchev–Trinajstić information content (AvgIpc) is 3.25. The molecule has 9 nitrogen and oxygen atoms in total. The predicted molar refractivity (Wildman–Crippen MR) is 102 cm³/mol. The Balaban J connectivity index is 1.64. The summed E-state index contributed by atoms with van der Waals surface area (Å²) in [7, 11) is 1.47. The number of aromatic nitrogens is 4. The van der Waals surface area contributed by atoms with Gasteiger partial charge in [-0.3, -0.25) is 4.84 Å². The van der Waals surface area contributed by atoms with Gasteiger partial charge in [0.2, 0.25) is 0 Å². The van der Waals surface area contributed by atoms with Gasteiger partial charge in [0.25, 0.3) is 0 Å². The Morgan fingerprint density at radius 2 is 1.96 bits per heavy atom. The fourth-order valence-electron chi connectivity index (χ4n) is 3.79. The molecule has 1 unspecified atom stereocenters. The minimum absolute atomic E-state index is 0.319. The molecule has 5 atom stereocenters. The van der Waals surface area contributed by atoms with Crippen LogP contribution in [0.4, 0.5) is 5.82 Å². The highest BCUT2D eigenvalue weighted by molar-refractivity contribution is 6.30. The number of halogens is 1. The lowest BCUT2D eigenvalue weighted by molar-refractivity contribution is -0.0271. The molecule has 3 aromatic rings. The summed E-state index contributed by atoms with van der Waals surface area (Å²) in [5, 5.41) is 37.5. The molecule has 28 heavy (non-hydrogen) atoms. The maximum atomic E-state index is 10.7. The minimum atomic E-state index is -1.12. The molecule has 0 bridgehead atoms. The van der Waals surface area contributed by atoms with E-state index in [1.807, 2.05) is 0 Å². The van der Waals surface area contributed by atoms with Crippen molar-refractivity contribution in [3.05, 3.63) is 47.4 Å². The summed E-state index contributed by atoms with van der Waals surface area (Å²) in [6, 6.07) is 6.22. The van der Waals surface area contributed by atoms with Crippen LogP contribution in [0.2, 0.25) is 5.02 Å². The van der Waals surface area contributed by atoms with E-state index in [-0.39, 0.29) is 0 Å². The molecule has 2 heterocycles. The zero-order valence-corrected chi connectivity index (χ0v) is 15.7. The van der Waals surface area contributed by atoms with E-state index in [9.17, 15) is 15.3 Å². The second kappa shape index (κ2) is 7.61. The van der Waals surface area contributed by atoms with E-state index in [0.29, 0.717) is 33.9 Å². The Morgan fingerprint density at radius 1 is 1.21 bits per heavy atom. The molecule has 2 aromatic heterocycles. The summed E-state index contributed by atoms with van der Waals surface area (Å²) in [6.45, 7) is 0. The quantitative estimate of drug-likeness (QED) is 0.470. The molecular weight excluding hydrogens is 386 g/mol. The molecule has 1 fully saturated rings. The molecule has 4 N–H and O–H groups in total. The topological polar surface area (TPSA) is 126 Å². The molecule has 4 rings (SSSR count). The van der Waals surface area contributed by atoms with Gasteiger partial charge in [-0.25, -0.2) is 20.1 Å². The summed E-state index contributed by atoms with van der Waals surface area (Å²) in [5.74, 6) is -0.122. The largest absolute Gasteiger partial charge is 0.390 e. The zero-order chi connectivity index (χ0) is 19.8. The van der Waals surface area contributed by atoms with Gasteiger partial charge in [-0.05, 0) is 24.1 Å². The zero-order valence-electron chi connectivity index (χ0n) is 15.0. The van der Waals surface area contributed by atoms with Gasteiger partial charge in [-0.15, -0.1) is 0 Å². The lowest BCUT2D eigenvalue weighted by Crippen LogP contribution is -2.31. The van der Waals surface area contributed by atoms with E-state index >= 15 is 0 Å². The van der Waals surface area contributed by atoms with Crippen LogP contribution in [0, 0.1) is 5.92 Å². The van der Waals surface area contributed by atoms with E-state index in [0.717, 1.165) is 0 Å². The normalized spacial score (nSPS) is 25.9. The van der Waals surface area contributed by atoms with Crippen molar-refractivity contribution in [1.82, 2.24) is 19.7 Å². The van der Waals surface area contributed by atoms with E-state index in [1.54, 1.807) is 35.1 Å². The fourth-order valence-corrected chi connectivity index (χ4v) is 3.91. The van der Waals surface area contributed by atoms with Gasteiger partial charge in [-0.2, -0.15) is 5.10 Å². The Hall–Kier alpha value is -2.30. The smallest absolute Gasteiger partial charge is 0.164 e. The maximum absolute atomic E-state index is 10.7. The SMILES string of the molecule is CONc1ncnc2c1cnn2[C@@H]1C[C@H](C(O)c2ccc(Cl)cc2)[C@@H](O)[C@H]1O. The van der Waals surface area contributed by atoms with Crippen molar-refractivity contribution in [2.24, 2.45) is 5.92 Å². The fraction of sp³-hybridized carbons (Fsp3) is 0.389. The first-order valence-electron chi connectivity index (χ1n) is 8.78. The van der Waals surface area contributed by atoms with Crippen molar-refractivity contribution >= 4 is 28.5 Å². The highest BCUT2D eigenvalue weighted by Crippen LogP contribution is 2.42. The van der Waals surface area contributed by atoms with Crippen LogP contribution in [0.25, 0.3) is 11.0 Å². The number of nitrogens with one attached hydrogen (secondary N) is 1. The first kappa shape index (κ1) is 19.0. The first-order chi connectivity index (χ1) is 13.5. The molecule has 1 aliphatic rings. The third kappa shape index (κ3) is 3.21. The van der Waals surface area contributed by atoms with Crippen molar-refractivity contribution in [2.45, 2.75) is 30.8 Å². The summed E-state index contributed by atoms with van der Waals surface area (Å²) in [5.41, 5.74) is 3.78. The number of benzene rings is 1. The Bertz CT molecular complexity index is 966. The molecule has 1 aromatic carbocycles. The summed E-state index contributed by atoms with van der Waals surface area (Å²) >= 11 is 5.90. The van der Waals surface area contributed by atoms with Gasteiger partial charge in [0.15, 0.2) is 11.5 Å². The third-order valence-electron chi connectivity index (χ3n) is 5.22. The second-order valence-corrected chi connectivity index (χ2v) is 7.24. The van der Waals surface area contributed by atoms with Crippen LogP contribution in [0.5, 0.6) is 0 Å². The van der Waals surface area contributed by atoms with E-state index in [2.05, 4.69) is 20.5 Å². The summed E-state index contributed by atoms with van der Waals surface area (Å²) in [6.07, 6.45) is 0.0736. The Morgan fingerprint density at radius 3 is 2.68 bits per heavy atom. The molecule has 10 heteroatoms. The number of hydrogen-bond donors (Lipinski definition) is 4.